The Kier molecular flexibility index (Phi) is 14.4. The number of aldehydes is 1. The molecule has 1 amide bonds. The summed E-state index contributed by atoms with van der Waals surface area (Å²) in [5.41, 5.74) is 3.28. The van der Waals surface area contributed by atoms with Crippen molar-refractivity contribution in [1.29, 1.82) is 0 Å². The minimum Gasteiger partial charge on any atom is -0.444 e. The molecule has 1 fully saturated rings. The molecule has 0 bridgehead atoms. The number of aryl methyl sites for hydroxylation is 1. The quantitative estimate of drug-likeness (QED) is 0.299. The molecule has 3 atom stereocenters. The van der Waals surface area contributed by atoms with Crippen molar-refractivity contribution < 1.29 is 23.9 Å². The first-order valence-corrected chi connectivity index (χ1v) is 14.5. The lowest BCUT2D eigenvalue weighted by Crippen LogP contribution is -2.50. The molecule has 0 aliphatic carbocycles. The smallest absolute Gasteiger partial charge is 0.410 e. The van der Waals surface area contributed by atoms with Crippen molar-refractivity contribution in [3.63, 3.8) is 0 Å². The molecule has 0 saturated carbocycles. The van der Waals surface area contributed by atoms with E-state index in [4.69, 9.17) is 9.53 Å². The van der Waals surface area contributed by atoms with E-state index >= 15 is 0 Å². The van der Waals surface area contributed by atoms with Gasteiger partial charge in [0, 0.05) is 50.6 Å². The van der Waals surface area contributed by atoms with Gasteiger partial charge < -0.3 is 19.3 Å². The zero-order chi connectivity index (χ0) is 29.8. The van der Waals surface area contributed by atoms with E-state index in [0.717, 1.165) is 32.2 Å². The maximum atomic E-state index is 12.5. The highest BCUT2D eigenvalue weighted by atomic mass is 16.6. The molecule has 0 aromatic heterocycles. The van der Waals surface area contributed by atoms with Crippen molar-refractivity contribution in [2.24, 2.45) is 17.8 Å². The Labute approximate surface area is 236 Å². The fraction of sp³-hybridized carbons (Fsp3) is 0.688. The van der Waals surface area contributed by atoms with Crippen LogP contribution in [0.5, 0.6) is 0 Å². The van der Waals surface area contributed by atoms with Crippen LogP contribution in [-0.2, 0) is 25.5 Å². The first kappa shape index (κ1) is 34.3. The van der Waals surface area contributed by atoms with Gasteiger partial charge in [-0.25, -0.2) is 4.79 Å². The molecule has 0 spiro atoms. The summed E-state index contributed by atoms with van der Waals surface area (Å²) in [5.74, 6) is 0.833. The predicted molar refractivity (Wildman–Crippen MR) is 158 cm³/mol. The number of carbonyl (C=O) groups is 4. The van der Waals surface area contributed by atoms with Crippen LogP contribution in [0, 0.1) is 24.7 Å². The van der Waals surface area contributed by atoms with Crippen molar-refractivity contribution in [1.82, 2.24) is 4.90 Å². The van der Waals surface area contributed by atoms with Gasteiger partial charge in [-0.1, -0.05) is 32.9 Å². The summed E-state index contributed by atoms with van der Waals surface area (Å²) in [4.78, 5) is 50.1. The summed E-state index contributed by atoms with van der Waals surface area (Å²) in [5, 5.41) is 0. The van der Waals surface area contributed by atoms with Crippen LogP contribution >= 0.6 is 0 Å². The number of nitrogens with zero attached hydrogens (tertiary/aromatic N) is 2. The van der Waals surface area contributed by atoms with Gasteiger partial charge in [0.2, 0.25) is 0 Å². The van der Waals surface area contributed by atoms with E-state index in [2.05, 4.69) is 43.9 Å². The van der Waals surface area contributed by atoms with Crippen LogP contribution in [0.1, 0.15) is 92.2 Å². The van der Waals surface area contributed by atoms with Gasteiger partial charge in [0.1, 0.15) is 23.5 Å². The minimum atomic E-state index is -0.494. The molecule has 39 heavy (non-hydrogen) atoms. The Hall–Kier alpha value is -2.70. The summed E-state index contributed by atoms with van der Waals surface area (Å²) in [7, 11) is 0. The highest BCUT2D eigenvalue weighted by Gasteiger charge is 2.30. The highest BCUT2D eigenvalue weighted by molar-refractivity contribution is 5.81. The van der Waals surface area contributed by atoms with Crippen LogP contribution in [0.25, 0.3) is 0 Å². The molecule has 0 N–H and O–H groups in total. The van der Waals surface area contributed by atoms with Crippen molar-refractivity contribution in [2.75, 3.05) is 31.1 Å². The van der Waals surface area contributed by atoms with E-state index in [9.17, 15) is 14.4 Å². The van der Waals surface area contributed by atoms with Crippen LogP contribution in [0.2, 0.25) is 0 Å². The molecule has 1 aliphatic heterocycles. The molecule has 0 radical (unpaired) electrons. The monoisotopic (exact) mass is 544 g/mol. The van der Waals surface area contributed by atoms with Gasteiger partial charge in [-0.3, -0.25) is 9.59 Å². The fourth-order valence-electron chi connectivity index (χ4n) is 5.17. The van der Waals surface area contributed by atoms with Crippen molar-refractivity contribution in [3.05, 3.63) is 29.3 Å². The van der Waals surface area contributed by atoms with E-state index < -0.39 is 5.60 Å². The van der Waals surface area contributed by atoms with Crippen LogP contribution in [0.3, 0.4) is 0 Å². The van der Waals surface area contributed by atoms with Crippen LogP contribution in [0.15, 0.2) is 18.2 Å². The topological polar surface area (TPSA) is 84.0 Å². The van der Waals surface area contributed by atoms with Crippen LogP contribution in [0.4, 0.5) is 10.5 Å². The number of amides is 1. The number of piperazine rings is 1. The number of Topliss-reactive ketones (excluding diaryl/α,β-unsaturated/α-hetero) is 2. The summed E-state index contributed by atoms with van der Waals surface area (Å²) in [6, 6.07) is 6.42. The number of anilines is 1. The number of benzene rings is 1. The molecule has 1 aliphatic rings. The maximum Gasteiger partial charge on any atom is 0.410 e. The average Bonchev–Trinajstić information content (AvgIpc) is 2.84. The third-order valence-electron chi connectivity index (χ3n) is 7.50. The Morgan fingerprint density at radius 3 is 2.15 bits per heavy atom. The lowest BCUT2D eigenvalue weighted by atomic mass is 9.76. The molecule has 220 valence electrons. The third kappa shape index (κ3) is 11.5. The molecular formula is C32H52N2O5. The zero-order valence-electron chi connectivity index (χ0n) is 25.8. The molecule has 3 unspecified atom stereocenters. The Morgan fingerprint density at radius 2 is 1.64 bits per heavy atom. The molecule has 1 saturated heterocycles. The summed E-state index contributed by atoms with van der Waals surface area (Å²) < 4.78 is 5.55. The second kappa shape index (κ2) is 16.4. The normalized spacial score (nSPS) is 15.9. The average molecular weight is 545 g/mol. The van der Waals surface area contributed by atoms with Gasteiger partial charge in [0.15, 0.2) is 0 Å². The number of hydrogen-bond donors (Lipinski definition) is 0. The zero-order valence-corrected chi connectivity index (χ0v) is 25.8. The van der Waals surface area contributed by atoms with Crippen molar-refractivity contribution >= 4 is 29.6 Å². The summed E-state index contributed by atoms with van der Waals surface area (Å²) in [6.45, 7) is 20.1. The fourth-order valence-corrected chi connectivity index (χ4v) is 5.17. The Bertz CT molecular complexity index is 944. The molecule has 7 nitrogen and oxygen atoms in total. The molecule has 1 heterocycles. The first-order valence-electron chi connectivity index (χ1n) is 14.5. The molecule has 7 heteroatoms. The van der Waals surface area contributed by atoms with Crippen molar-refractivity contribution in [2.45, 2.75) is 100 Å². The van der Waals surface area contributed by atoms with Crippen LogP contribution < -0.4 is 4.90 Å². The van der Waals surface area contributed by atoms with Gasteiger partial charge in [-0.05, 0) is 89.8 Å². The summed E-state index contributed by atoms with van der Waals surface area (Å²) in [6.07, 6.45) is 3.98. The number of ether oxygens (including phenoxy) is 1. The van der Waals surface area contributed by atoms with Gasteiger partial charge in [-0.2, -0.15) is 0 Å². The Balaban J connectivity index is 0.00000242. The number of hydrogen-bond acceptors (Lipinski definition) is 6. The van der Waals surface area contributed by atoms with E-state index in [-0.39, 0.29) is 29.5 Å². The predicted octanol–water partition coefficient (Wildman–Crippen LogP) is 6.43. The lowest BCUT2D eigenvalue weighted by molar-refractivity contribution is -0.124. The molecule has 1 aromatic rings. The lowest BCUT2D eigenvalue weighted by Gasteiger charge is -2.38. The van der Waals surface area contributed by atoms with Gasteiger partial charge in [0.25, 0.3) is 0 Å². The third-order valence-corrected chi connectivity index (χ3v) is 7.50. The van der Waals surface area contributed by atoms with Gasteiger partial charge >= 0.3 is 6.09 Å². The van der Waals surface area contributed by atoms with E-state index in [1.54, 1.807) is 11.8 Å². The molecular weight excluding hydrogens is 492 g/mol. The first-order chi connectivity index (χ1) is 18.2. The number of rotatable bonds is 11. The number of carbonyl (C=O) groups excluding carboxylic acids is 4. The maximum absolute atomic E-state index is 12.5. The van der Waals surface area contributed by atoms with Crippen molar-refractivity contribution in [3.8, 4) is 0 Å². The van der Waals surface area contributed by atoms with Gasteiger partial charge in [0.05, 0.1) is 0 Å². The Morgan fingerprint density at radius 1 is 1.05 bits per heavy atom. The minimum absolute atomic E-state index is 0.0920. The number of ketones is 2. The second-order valence-corrected chi connectivity index (χ2v) is 11.8. The summed E-state index contributed by atoms with van der Waals surface area (Å²) >= 11 is 0. The van der Waals surface area contributed by atoms with Crippen LogP contribution in [-0.4, -0.2) is 60.6 Å². The second-order valence-electron chi connectivity index (χ2n) is 11.8. The standard InChI is InChI=1S/C30H48N2O4.C2H4O/c1-9-11-25(34)14-15-26(24(5)33)23(4)22(3)20-27-21(2)12-10-13-28(27)31-16-18-32(19-17-31)29(35)36-30(6,7)8;1-2-3/h10,12-13,22-23,26H,9,11,14-20H2,1-8H3;2H,1H3. The van der Waals surface area contributed by atoms with E-state index in [1.165, 1.54) is 23.7 Å². The molecule has 2 rings (SSSR count). The molecule has 1 aromatic carbocycles. The van der Waals surface area contributed by atoms with E-state index in [1.807, 2.05) is 27.7 Å². The largest absolute Gasteiger partial charge is 0.444 e. The van der Waals surface area contributed by atoms with E-state index in [0.29, 0.717) is 38.3 Å². The SMILES string of the molecule is CC=O.CCCC(=O)CCC(C(C)=O)C(C)C(C)Cc1c(C)cccc1N1CCN(C(=O)OC(C)(C)C)CC1. The van der Waals surface area contributed by atoms with Gasteiger partial charge in [-0.15, -0.1) is 0 Å². The highest BCUT2D eigenvalue weighted by Crippen LogP contribution is 2.33.